The fourth-order valence-corrected chi connectivity index (χ4v) is 3.69. The van der Waals surface area contributed by atoms with Gasteiger partial charge in [0.25, 0.3) is 0 Å². The molecule has 1 aromatic rings. The van der Waals surface area contributed by atoms with E-state index in [4.69, 9.17) is 14.6 Å². The molecule has 1 aliphatic rings. The molecule has 0 spiro atoms. The smallest absolute Gasteiger partial charge is 0.241 e. The number of ether oxygens (including phenoxy) is 2. The molecule has 1 fully saturated rings. The lowest BCUT2D eigenvalue weighted by Gasteiger charge is -2.29. The van der Waals surface area contributed by atoms with Crippen molar-refractivity contribution in [1.29, 1.82) is 0 Å². The summed E-state index contributed by atoms with van der Waals surface area (Å²) in [6.45, 7) is 3.68. The molecule has 0 radical (unpaired) electrons. The fraction of sp³-hybridized carbons (Fsp3) is 0.600. The zero-order valence-electron chi connectivity index (χ0n) is 12.8. The highest BCUT2D eigenvalue weighted by molar-refractivity contribution is 7.89. The van der Waals surface area contributed by atoms with Crippen LogP contribution in [0.3, 0.4) is 0 Å². The first-order chi connectivity index (χ1) is 9.81. The molecule has 118 valence electrons. The van der Waals surface area contributed by atoms with Crippen molar-refractivity contribution in [2.75, 3.05) is 7.11 Å². The van der Waals surface area contributed by atoms with Gasteiger partial charge in [0, 0.05) is 13.5 Å². The molecule has 0 bridgehead atoms. The lowest BCUT2D eigenvalue weighted by molar-refractivity contribution is 0.0198. The molecule has 21 heavy (non-hydrogen) atoms. The topological polar surface area (TPSA) is 78.6 Å². The first-order valence-electron chi connectivity index (χ1n) is 7.14. The number of sulfonamides is 1. The number of benzene rings is 1. The summed E-state index contributed by atoms with van der Waals surface area (Å²) in [7, 11) is -2.11. The summed E-state index contributed by atoms with van der Waals surface area (Å²) in [6.07, 6.45) is 3.84. The van der Waals surface area contributed by atoms with Crippen LogP contribution in [0.2, 0.25) is 0 Å². The van der Waals surface area contributed by atoms with Crippen molar-refractivity contribution in [3.63, 3.8) is 0 Å². The van der Waals surface area contributed by atoms with Crippen molar-refractivity contribution in [3.05, 3.63) is 23.3 Å². The third kappa shape index (κ3) is 3.96. The largest absolute Gasteiger partial charge is 0.489 e. The molecule has 0 heterocycles. The Balaban J connectivity index is 2.31. The number of nitrogens with two attached hydrogens (primary N) is 1. The minimum atomic E-state index is -3.80. The molecule has 2 unspecified atom stereocenters. The van der Waals surface area contributed by atoms with Crippen LogP contribution >= 0.6 is 0 Å². The van der Waals surface area contributed by atoms with Crippen LogP contribution in [-0.2, 0) is 14.8 Å². The highest BCUT2D eigenvalue weighted by Crippen LogP contribution is 2.32. The second kappa shape index (κ2) is 6.34. The Hall–Kier alpha value is -1.11. The Labute approximate surface area is 126 Å². The molecule has 6 heteroatoms. The summed E-state index contributed by atoms with van der Waals surface area (Å²) >= 11 is 0. The number of primary sulfonamides is 1. The van der Waals surface area contributed by atoms with Crippen LogP contribution in [0.15, 0.2) is 17.0 Å². The number of hydrogen-bond acceptors (Lipinski definition) is 4. The predicted molar refractivity (Wildman–Crippen MR) is 81.0 cm³/mol. The van der Waals surface area contributed by atoms with Gasteiger partial charge in [-0.15, -0.1) is 0 Å². The van der Waals surface area contributed by atoms with Crippen molar-refractivity contribution in [1.82, 2.24) is 0 Å². The van der Waals surface area contributed by atoms with Gasteiger partial charge < -0.3 is 9.47 Å². The van der Waals surface area contributed by atoms with Crippen LogP contribution in [0.4, 0.5) is 0 Å². The number of aryl methyl sites for hydroxylation is 2. The van der Waals surface area contributed by atoms with Gasteiger partial charge in [-0.05, 0) is 50.3 Å². The average Bonchev–Trinajstić information content (AvgIpc) is 2.40. The van der Waals surface area contributed by atoms with Gasteiger partial charge in [-0.1, -0.05) is 6.07 Å². The summed E-state index contributed by atoms with van der Waals surface area (Å²) in [5.41, 5.74) is 1.64. The van der Waals surface area contributed by atoms with Gasteiger partial charge in [-0.2, -0.15) is 0 Å². The second-order valence-corrected chi connectivity index (χ2v) is 7.25. The van der Waals surface area contributed by atoms with E-state index in [2.05, 4.69) is 0 Å². The molecule has 2 rings (SSSR count). The van der Waals surface area contributed by atoms with Crippen LogP contribution in [0, 0.1) is 13.8 Å². The van der Waals surface area contributed by atoms with Crippen molar-refractivity contribution < 1.29 is 17.9 Å². The molecule has 0 amide bonds. The van der Waals surface area contributed by atoms with Gasteiger partial charge in [0.05, 0.1) is 6.10 Å². The molecule has 0 aliphatic heterocycles. The lowest BCUT2D eigenvalue weighted by atomic mass is 9.95. The predicted octanol–water partition coefficient (Wildman–Crippen LogP) is 2.29. The average molecular weight is 313 g/mol. The zero-order valence-corrected chi connectivity index (χ0v) is 13.6. The molecule has 1 aromatic carbocycles. The Morgan fingerprint density at radius 3 is 2.48 bits per heavy atom. The summed E-state index contributed by atoms with van der Waals surface area (Å²) in [5.74, 6) is 0.379. The van der Waals surface area contributed by atoms with E-state index >= 15 is 0 Å². The van der Waals surface area contributed by atoms with Gasteiger partial charge in [-0.3, -0.25) is 0 Å². The zero-order chi connectivity index (χ0) is 15.6. The summed E-state index contributed by atoms with van der Waals surface area (Å²) in [4.78, 5) is 0.0690. The van der Waals surface area contributed by atoms with E-state index in [-0.39, 0.29) is 17.1 Å². The second-order valence-electron chi connectivity index (χ2n) is 5.72. The first kappa shape index (κ1) is 16.3. The van der Waals surface area contributed by atoms with E-state index in [1.165, 1.54) is 0 Å². The van der Waals surface area contributed by atoms with Crippen LogP contribution in [-0.4, -0.2) is 27.7 Å². The van der Waals surface area contributed by atoms with Crippen molar-refractivity contribution in [2.24, 2.45) is 5.14 Å². The molecule has 2 N–H and O–H groups in total. The quantitative estimate of drug-likeness (QED) is 0.925. The van der Waals surface area contributed by atoms with Gasteiger partial charge in [0.1, 0.15) is 16.7 Å². The maximum Gasteiger partial charge on any atom is 0.241 e. The molecule has 1 aliphatic carbocycles. The van der Waals surface area contributed by atoms with Crippen LogP contribution in [0.5, 0.6) is 5.75 Å². The maximum absolute atomic E-state index is 11.8. The van der Waals surface area contributed by atoms with Gasteiger partial charge in [-0.25, -0.2) is 13.6 Å². The maximum atomic E-state index is 11.8. The monoisotopic (exact) mass is 313 g/mol. The molecule has 2 atom stereocenters. The van der Waals surface area contributed by atoms with Crippen molar-refractivity contribution >= 4 is 10.0 Å². The van der Waals surface area contributed by atoms with E-state index in [9.17, 15) is 8.42 Å². The molecule has 5 nitrogen and oxygen atoms in total. The molecular formula is C15H23NO4S. The Morgan fingerprint density at radius 2 is 1.86 bits per heavy atom. The number of hydrogen-bond donors (Lipinski definition) is 1. The highest BCUT2D eigenvalue weighted by Gasteiger charge is 2.26. The highest BCUT2D eigenvalue weighted by atomic mass is 32.2. The minimum absolute atomic E-state index is 0.0365. The fourth-order valence-electron chi connectivity index (χ4n) is 2.87. The van der Waals surface area contributed by atoms with Crippen LogP contribution in [0.1, 0.15) is 36.8 Å². The van der Waals surface area contributed by atoms with Crippen LogP contribution in [0.25, 0.3) is 0 Å². The third-order valence-corrected chi connectivity index (χ3v) is 4.80. The molecule has 0 saturated heterocycles. The molecule has 0 aromatic heterocycles. The summed E-state index contributed by atoms with van der Waals surface area (Å²) < 4.78 is 35.0. The van der Waals surface area contributed by atoms with Crippen LogP contribution < -0.4 is 9.88 Å². The summed E-state index contributed by atoms with van der Waals surface area (Å²) in [5, 5.41) is 5.32. The molecular weight excluding hydrogens is 290 g/mol. The normalized spacial score (nSPS) is 23.0. The van der Waals surface area contributed by atoms with E-state index in [0.717, 1.165) is 36.8 Å². The Kier molecular flexibility index (Phi) is 4.91. The summed E-state index contributed by atoms with van der Waals surface area (Å²) in [6, 6.07) is 3.47. The van der Waals surface area contributed by atoms with E-state index < -0.39 is 10.0 Å². The van der Waals surface area contributed by atoms with E-state index in [1.807, 2.05) is 19.9 Å². The van der Waals surface area contributed by atoms with Gasteiger partial charge in [0.15, 0.2) is 0 Å². The number of rotatable bonds is 4. The van der Waals surface area contributed by atoms with Crippen molar-refractivity contribution in [3.8, 4) is 5.75 Å². The SMILES string of the molecule is COC1CCCC(Oc2c(C)cc(C)cc2S(N)(=O)=O)C1. The van der Waals surface area contributed by atoms with E-state index in [0.29, 0.717) is 5.75 Å². The Bertz CT molecular complexity index is 612. The lowest BCUT2D eigenvalue weighted by Crippen LogP contribution is -2.30. The molecule has 1 saturated carbocycles. The van der Waals surface area contributed by atoms with Gasteiger partial charge >= 0.3 is 0 Å². The number of methoxy groups -OCH3 is 1. The standard InChI is InChI=1S/C15H23NO4S/c1-10-7-11(2)15(14(8-10)21(16,17)18)20-13-6-4-5-12(9-13)19-3/h7-8,12-13H,4-6,9H2,1-3H3,(H2,16,17,18). The third-order valence-electron chi connectivity index (χ3n) is 3.89. The van der Waals surface area contributed by atoms with Crippen molar-refractivity contribution in [2.45, 2.75) is 56.6 Å². The minimum Gasteiger partial charge on any atom is -0.489 e. The first-order valence-corrected chi connectivity index (χ1v) is 8.69. The Morgan fingerprint density at radius 1 is 1.19 bits per heavy atom. The van der Waals surface area contributed by atoms with Gasteiger partial charge in [0.2, 0.25) is 10.0 Å². The van der Waals surface area contributed by atoms with E-state index in [1.54, 1.807) is 13.2 Å².